The maximum Gasteiger partial charge on any atom is 0.119 e. The summed E-state index contributed by atoms with van der Waals surface area (Å²) in [4.78, 5) is 0. The van der Waals surface area contributed by atoms with Gasteiger partial charge in [0, 0.05) is 20.2 Å². The van der Waals surface area contributed by atoms with Gasteiger partial charge in [-0.25, -0.2) is 0 Å². The minimum Gasteiger partial charge on any atom is -0.491 e. The number of nitrogens with one attached hydrogen (secondary N) is 1. The zero-order valence-electron chi connectivity index (χ0n) is 10.6. The Morgan fingerprint density at radius 2 is 2.22 bits per heavy atom. The average molecular weight is 255 g/mol. The molecule has 0 heterocycles. The van der Waals surface area contributed by atoms with Crippen molar-refractivity contribution in [3.63, 3.8) is 0 Å². The fourth-order valence-electron chi connectivity index (χ4n) is 1.40. The molecule has 0 aliphatic carbocycles. The van der Waals surface area contributed by atoms with E-state index in [1.807, 2.05) is 24.3 Å². The molecule has 0 aromatic heterocycles. The molecular weight excluding hydrogens is 234 g/mol. The van der Waals surface area contributed by atoms with Gasteiger partial charge < -0.3 is 25.0 Å². The number of aliphatic hydroxyl groups is 2. The molecule has 1 atom stereocenters. The molecule has 0 bridgehead atoms. The predicted molar refractivity (Wildman–Crippen MR) is 68.6 cm³/mol. The van der Waals surface area contributed by atoms with E-state index in [0.29, 0.717) is 12.4 Å². The smallest absolute Gasteiger partial charge is 0.119 e. The van der Waals surface area contributed by atoms with Gasteiger partial charge in [-0.05, 0) is 17.7 Å². The molecule has 0 fully saturated rings. The summed E-state index contributed by atoms with van der Waals surface area (Å²) in [5.41, 5.74) is 1.10. The van der Waals surface area contributed by atoms with E-state index in [4.69, 9.17) is 14.6 Å². The molecule has 0 radical (unpaired) electrons. The van der Waals surface area contributed by atoms with E-state index in [1.54, 1.807) is 7.11 Å². The second kappa shape index (κ2) is 8.88. The van der Waals surface area contributed by atoms with Gasteiger partial charge in [0.05, 0.1) is 13.2 Å². The van der Waals surface area contributed by atoms with Crippen LogP contribution in [0.3, 0.4) is 0 Å². The molecule has 5 nitrogen and oxygen atoms in total. The summed E-state index contributed by atoms with van der Waals surface area (Å²) in [5, 5.41) is 21.1. The Morgan fingerprint density at radius 1 is 1.39 bits per heavy atom. The van der Waals surface area contributed by atoms with E-state index >= 15 is 0 Å². The minimum absolute atomic E-state index is 0.0943. The standard InChI is InChI=1S/C13H21NO4/c1-17-6-5-14-8-11-3-2-4-13(7-11)18-10-12(16)9-15/h2-4,7,12,14-16H,5-6,8-10H2,1H3. The largest absolute Gasteiger partial charge is 0.491 e. The van der Waals surface area contributed by atoms with Crippen LogP contribution in [0.4, 0.5) is 0 Å². The van der Waals surface area contributed by atoms with Crippen molar-refractivity contribution in [2.45, 2.75) is 12.6 Å². The minimum atomic E-state index is -0.839. The molecule has 0 aliphatic rings. The van der Waals surface area contributed by atoms with Crippen LogP contribution in [-0.4, -0.2) is 49.8 Å². The number of benzene rings is 1. The molecule has 1 rings (SSSR count). The van der Waals surface area contributed by atoms with Crippen LogP contribution >= 0.6 is 0 Å². The summed E-state index contributed by atoms with van der Waals surface area (Å²) in [7, 11) is 1.67. The number of hydrogen-bond donors (Lipinski definition) is 3. The van der Waals surface area contributed by atoms with Crippen molar-refractivity contribution in [1.82, 2.24) is 5.32 Å². The Kier molecular flexibility index (Phi) is 7.36. The van der Waals surface area contributed by atoms with Crippen LogP contribution in [0, 0.1) is 0 Å². The molecule has 3 N–H and O–H groups in total. The van der Waals surface area contributed by atoms with Gasteiger partial charge in [-0.15, -0.1) is 0 Å². The monoisotopic (exact) mass is 255 g/mol. The van der Waals surface area contributed by atoms with Crippen LogP contribution < -0.4 is 10.1 Å². The molecule has 0 amide bonds. The molecule has 1 aromatic carbocycles. The molecule has 18 heavy (non-hydrogen) atoms. The van der Waals surface area contributed by atoms with Crippen molar-refractivity contribution >= 4 is 0 Å². The Labute approximate surface area is 107 Å². The number of aliphatic hydroxyl groups excluding tert-OH is 2. The van der Waals surface area contributed by atoms with E-state index in [1.165, 1.54) is 0 Å². The molecule has 1 unspecified atom stereocenters. The highest BCUT2D eigenvalue weighted by Crippen LogP contribution is 2.13. The van der Waals surface area contributed by atoms with E-state index in [2.05, 4.69) is 5.32 Å². The van der Waals surface area contributed by atoms with Gasteiger partial charge >= 0.3 is 0 Å². The van der Waals surface area contributed by atoms with Crippen LogP contribution in [0.5, 0.6) is 5.75 Å². The Hall–Kier alpha value is -1.14. The van der Waals surface area contributed by atoms with E-state index < -0.39 is 6.10 Å². The summed E-state index contributed by atoms with van der Waals surface area (Å²) in [6.45, 7) is 2.02. The summed E-state index contributed by atoms with van der Waals surface area (Å²) in [6, 6.07) is 7.62. The molecule has 0 saturated carbocycles. The topological polar surface area (TPSA) is 71.0 Å². The second-order valence-corrected chi connectivity index (χ2v) is 3.96. The van der Waals surface area contributed by atoms with E-state index in [9.17, 15) is 5.11 Å². The van der Waals surface area contributed by atoms with Crippen molar-refractivity contribution in [3.8, 4) is 5.75 Å². The first kappa shape index (κ1) is 14.9. The lowest BCUT2D eigenvalue weighted by molar-refractivity contribution is 0.0536. The lowest BCUT2D eigenvalue weighted by Gasteiger charge is -2.11. The average Bonchev–Trinajstić information content (AvgIpc) is 2.41. The summed E-state index contributed by atoms with van der Waals surface area (Å²) < 4.78 is 10.3. The van der Waals surface area contributed by atoms with Crippen molar-refractivity contribution in [1.29, 1.82) is 0 Å². The van der Waals surface area contributed by atoms with Gasteiger partial charge in [0.25, 0.3) is 0 Å². The summed E-state index contributed by atoms with van der Waals surface area (Å²) >= 11 is 0. The van der Waals surface area contributed by atoms with Crippen molar-refractivity contribution in [3.05, 3.63) is 29.8 Å². The van der Waals surface area contributed by atoms with E-state index in [-0.39, 0.29) is 13.2 Å². The van der Waals surface area contributed by atoms with Crippen molar-refractivity contribution in [2.75, 3.05) is 33.5 Å². The maximum absolute atomic E-state index is 9.19. The third kappa shape index (κ3) is 5.97. The molecule has 102 valence electrons. The normalized spacial score (nSPS) is 12.4. The first-order valence-electron chi connectivity index (χ1n) is 5.96. The Bertz CT molecular complexity index is 333. The third-order valence-corrected chi connectivity index (χ3v) is 2.36. The quantitative estimate of drug-likeness (QED) is 0.548. The molecule has 5 heteroatoms. The van der Waals surface area contributed by atoms with E-state index in [0.717, 1.165) is 18.7 Å². The molecule has 0 aliphatic heterocycles. The Morgan fingerprint density at radius 3 is 2.94 bits per heavy atom. The second-order valence-electron chi connectivity index (χ2n) is 3.96. The zero-order valence-corrected chi connectivity index (χ0v) is 10.6. The Balaban J connectivity index is 2.36. The summed E-state index contributed by atoms with van der Waals surface area (Å²) in [6.07, 6.45) is -0.839. The SMILES string of the molecule is COCCNCc1cccc(OCC(O)CO)c1. The van der Waals surface area contributed by atoms with Crippen molar-refractivity contribution < 1.29 is 19.7 Å². The maximum atomic E-state index is 9.19. The first-order valence-corrected chi connectivity index (χ1v) is 5.96. The van der Waals surface area contributed by atoms with Crippen molar-refractivity contribution in [2.24, 2.45) is 0 Å². The first-order chi connectivity index (χ1) is 8.76. The van der Waals surface area contributed by atoms with Gasteiger partial charge in [0.1, 0.15) is 18.5 Å². The number of ether oxygens (including phenoxy) is 2. The van der Waals surface area contributed by atoms with Crippen LogP contribution in [0.25, 0.3) is 0 Å². The van der Waals surface area contributed by atoms with Crippen LogP contribution in [0.1, 0.15) is 5.56 Å². The van der Waals surface area contributed by atoms with Gasteiger partial charge in [0.2, 0.25) is 0 Å². The lowest BCUT2D eigenvalue weighted by Crippen LogP contribution is -2.21. The van der Waals surface area contributed by atoms with Crippen LogP contribution in [0.15, 0.2) is 24.3 Å². The third-order valence-electron chi connectivity index (χ3n) is 2.36. The predicted octanol–water partition coefficient (Wildman–Crippen LogP) is 0.155. The van der Waals surface area contributed by atoms with Gasteiger partial charge in [-0.1, -0.05) is 12.1 Å². The highest BCUT2D eigenvalue weighted by atomic mass is 16.5. The molecule has 1 aromatic rings. The van der Waals surface area contributed by atoms with Gasteiger partial charge in [-0.3, -0.25) is 0 Å². The highest BCUT2D eigenvalue weighted by molar-refractivity contribution is 5.28. The fourth-order valence-corrected chi connectivity index (χ4v) is 1.40. The highest BCUT2D eigenvalue weighted by Gasteiger charge is 2.03. The van der Waals surface area contributed by atoms with Crippen LogP contribution in [-0.2, 0) is 11.3 Å². The summed E-state index contributed by atoms with van der Waals surface area (Å²) in [5.74, 6) is 0.688. The van der Waals surface area contributed by atoms with Gasteiger partial charge in [-0.2, -0.15) is 0 Å². The molecule has 0 spiro atoms. The number of rotatable bonds is 9. The molecular formula is C13H21NO4. The lowest BCUT2D eigenvalue weighted by atomic mass is 10.2. The zero-order chi connectivity index (χ0) is 13.2. The van der Waals surface area contributed by atoms with Gasteiger partial charge in [0.15, 0.2) is 0 Å². The number of methoxy groups -OCH3 is 1. The van der Waals surface area contributed by atoms with Crippen LogP contribution in [0.2, 0.25) is 0 Å². The molecule has 0 saturated heterocycles. The fraction of sp³-hybridized carbons (Fsp3) is 0.538. The number of hydrogen-bond acceptors (Lipinski definition) is 5.